The summed E-state index contributed by atoms with van der Waals surface area (Å²) in [4.78, 5) is 29.6. The lowest BCUT2D eigenvalue weighted by Crippen LogP contribution is -2.56. The first-order chi connectivity index (χ1) is 14.0. The van der Waals surface area contributed by atoms with Gasteiger partial charge in [0.2, 0.25) is 5.91 Å². The summed E-state index contributed by atoms with van der Waals surface area (Å²) in [6.07, 6.45) is 3.78. The Morgan fingerprint density at radius 1 is 1.00 bits per heavy atom. The lowest BCUT2D eigenvalue weighted by atomic mass is 9.64. The summed E-state index contributed by atoms with van der Waals surface area (Å²) in [7, 11) is 0. The number of nitrogens with zero attached hydrogens (tertiary/aromatic N) is 2. The fraction of sp³-hybridized carbons (Fsp3) is 0.583. The summed E-state index contributed by atoms with van der Waals surface area (Å²) < 4.78 is 5.47. The number of carbonyl (C=O) groups excluding carboxylic acids is 2. The highest BCUT2D eigenvalue weighted by molar-refractivity contribution is 6.22. The highest BCUT2D eigenvalue weighted by Crippen LogP contribution is 2.48. The molecular formula is C24H33ClN2O3. The van der Waals surface area contributed by atoms with Crippen molar-refractivity contribution in [1.29, 1.82) is 0 Å². The molecule has 3 rings (SSSR count). The van der Waals surface area contributed by atoms with Gasteiger partial charge in [-0.1, -0.05) is 56.3 Å². The van der Waals surface area contributed by atoms with E-state index in [2.05, 4.69) is 32.1 Å². The summed E-state index contributed by atoms with van der Waals surface area (Å²) in [6, 6.07) is 10.1. The Labute approximate surface area is 185 Å². The zero-order chi connectivity index (χ0) is 22.1. The van der Waals surface area contributed by atoms with Crippen LogP contribution >= 0.6 is 11.6 Å². The van der Waals surface area contributed by atoms with E-state index in [0.29, 0.717) is 26.2 Å². The topological polar surface area (TPSA) is 49.9 Å². The molecule has 0 N–H and O–H groups in total. The molecule has 1 aromatic rings. The van der Waals surface area contributed by atoms with Crippen LogP contribution in [-0.2, 0) is 9.53 Å². The number of carbonyl (C=O) groups is 2. The van der Waals surface area contributed by atoms with Gasteiger partial charge in [0.1, 0.15) is 5.60 Å². The van der Waals surface area contributed by atoms with E-state index in [1.807, 2.05) is 49.9 Å². The van der Waals surface area contributed by atoms with Gasteiger partial charge in [-0.2, -0.15) is 0 Å². The maximum absolute atomic E-state index is 13.7. The molecule has 1 heterocycles. The Morgan fingerprint density at radius 2 is 1.57 bits per heavy atom. The Morgan fingerprint density at radius 3 is 2.13 bits per heavy atom. The third-order valence-electron chi connectivity index (χ3n) is 6.05. The molecule has 30 heavy (non-hydrogen) atoms. The lowest BCUT2D eigenvalue weighted by molar-refractivity contribution is -0.142. The van der Waals surface area contributed by atoms with E-state index >= 15 is 0 Å². The van der Waals surface area contributed by atoms with Gasteiger partial charge in [0, 0.05) is 32.1 Å². The molecular weight excluding hydrogens is 400 g/mol. The van der Waals surface area contributed by atoms with Crippen LogP contribution in [0.1, 0.15) is 46.1 Å². The van der Waals surface area contributed by atoms with E-state index in [9.17, 15) is 9.59 Å². The zero-order valence-corrected chi connectivity index (χ0v) is 19.4. The van der Waals surface area contributed by atoms with E-state index in [-0.39, 0.29) is 29.2 Å². The molecule has 0 aromatic heterocycles. The maximum Gasteiger partial charge on any atom is 0.410 e. The monoisotopic (exact) mass is 432 g/mol. The largest absolute Gasteiger partial charge is 0.444 e. The molecule has 5 nitrogen and oxygen atoms in total. The summed E-state index contributed by atoms with van der Waals surface area (Å²) >= 11 is 6.64. The van der Waals surface area contributed by atoms with Crippen LogP contribution in [0.15, 0.2) is 42.5 Å². The van der Waals surface area contributed by atoms with Crippen molar-refractivity contribution in [2.45, 2.75) is 51.5 Å². The highest BCUT2D eigenvalue weighted by atomic mass is 35.5. The van der Waals surface area contributed by atoms with Crippen molar-refractivity contribution in [3.8, 4) is 0 Å². The normalized spacial score (nSPS) is 26.4. The van der Waals surface area contributed by atoms with E-state index < -0.39 is 11.0 Å². The average molecular weight is 433 g/mol. The Balaban J connectivity index is 1.76. The van der Waals surface area contributed by atoms with Crippen LogP contribution < -0.4 is 0 Å². The number of rotatable bonds is 2. The fourth-order valence-corrected chi connectivity index (χ4v) is 4.51. The maximum atomic E-state index is 13.7. The van der Waals surface area contributed by atoms with Crippen LogP contribution in [0.5, 0.6) is 0 Å². The molecule has 1 aliphatic carbocycles. The number of ether oxygens (including phenoxy) is 1. The van der Waals surface area contributed by atoms with E-state index in [1.165, 1.54) is 0 Å². The van der Waals surface area contributed by atoms with Crippen molar-refractivity contribution in [3.63, 3.8) is 0 Å². The van der Waals surface area contributed by atoms with Crippen molar-refractivity contribution >= 4 is 23.6 Å². The predicted octanol–water partition coefficient (Wildman–Crippen LogP) is 4.67. The highest BCUT2D eigenvalue weighted by Gasteiger charge is 2.48. The predicted molar refractivity (Wildman–Crippen MR) is 120 cm³/mol. The quantitative estimate of drug-likeness (QED) is 0.504. The smallest absolute Gasteiger partial charge is 0.410 e. The van der Waals surface area contributed by atoms with Gasteiger partial charge in [0.15, 0.2) is 0 Å². The molecule has 0 bridgehead atoms. The number of hydrogen-bond acceptors (Lipinski definition) is 3. The van der Waals surface area contributed by atoms with Gasteiger partial charge in [0.05, 0.1) is 11.3 Å². The van der Waals surface area contributed by atoms with Crippen molar-refractivity contribution in [3.05, 3.63) is 48.0 Å². The van der Waals surface area contributed by atoms with Crippen LogP contribution in [0.4, 0.5) is 4.79 Å². The van der Waals surface area contributed by atoms with Gasteiger partial charge in [-0.15, -0.1) is 11.6 Å². The van der Waals surface area contributed by atoms with Gasteiger partial charge in [0.25, 0.3) is 0 Å². The van der Waals surface area contributed by atoms with Crippen LogP contribution in [0, 0.1) is 11.3 Å². The number of alkyl halides is 1. The number of halogens is 1. The van der Waals surface area contributed by atoms with Crippen molar-refractivity contribution in [2.75, 3.05) is 26.2 Å². The molecule has 1 aliphatic heterocycles. The Hall–Kier alpha value is -2.01. The second-order valence-corrected chi connectivity index (χ2v) is 10.3. The van der Waals surface area contributed by atoms with Crippen molar-refractivity contribution in [2.24, 2.45) is 11.3 Å². The molecule has 1 fully saturated rings. The number of amides is 2. The number of allylic oxidation sites excluding steroid dienone is 2. The van der Waals surface area contributed by atoms with Crippen molar-refractivity contribution < 1.29 is 14.3 Å². The molecule has 0 radical (unpaired) electrons. The molecule has 0 spiro atoms. The molecule has 0 saturated carbocycles. The van der Waals surface area contributed by atoms with E-state index in [4.69, 9.17) is 16.3 Å². The first-order valence-electron chi connectivity index (χ1n) is 10.6. The molecule has 1 aromatic carbocycles. The fourth-order valence-electron chi connectivity index (χ4n) is 4.29. The number of benzene rings is 1. The third kappa shape index (κ3) is 4.83. The van der Waals surface area contributed by atoms with Crippen LogP contribution in [0.2, 0.25) is 0 Å². The van der Waals surface area contributed by atoms with Crippen LogP contribution in [-0.4, -0.2) is 59.0 Å². The molecule has 2 aliphatic rings. The van der Waals surface area contributed by atoms with Crippen LogP contribution in [0.25, 0.3) is 0 Å². The minimum absolute atomic E-state index is 0.0208. The Kier molecular flexibility index (Phi) is 6.51. The number of hydrogen-bond donors (Lipinski definition) is 0. The standard InChI is InChI=1S/C24H33ClN2O3/c1-23(2,3)30-22(29)27-15-13-26(14-16-27)21(28)20-18(17-9-7-6-8-10-17)11-12-19(25)24(20,4)5/h6-12,18-20H,13-16H2,1-5H3. The van der Waals surface area contributed by atoms with E-state index in [1.54, 1.807) is 4.90 Å². The van der Waals surface area contributed by atoms with Gasteiger partial charge in [-0.25, -0.2) is 4.79 Å². The SMILES string of the molecule is CC(C)(C)OC(=O)N1CCN(C(=O)C2C(c3ccccc3)C=CC(Cl)C2(C)C)CC1. The second-order valence-electron chi connectivity index (χ2n) is 9.81. The number of piperazine rings is 1. The van der Waals surface area contributed by atoms with Gasteiger partial charge in [-0.3, -0.25) is 4.79 Å². The first kappa shape index (κ1) is 22.7. The van der Waals surface area contributed by atoms with Gasteiger partial charge < -0.3 is 14.5 Å². The molecule has 3 unspecified atom stereocenters. The summed E-state index contributed by atoms with van der Waals surface area (Å²) in [5.41, 5.74) is 0.202. The zero-order valence-electron chi connectivity index (χ0n) is 18.6. The van der Waals surface area contributed by atoms with Crippen molar-refractivity contribution in [1.82, 2.24) is 9.80 Å². The molecule has 164 valence electrons. The average Bonchev–Trinajstić information content (AvgIpc) is 2.69. The molecule has 3 atom stereocenters. The molecule has 1 saturated heterocycles. The summed E-state index contributed by atoms with van der Waals surface area (Å²) in [6.45, 7) is 11.7. The second kappa shape index (κ2) is 8.62. The van der Waals surface area contributed by atoms with Crippen LogP contribution in [0.3, 0.4) is 0 Å². The summed E-state index contributed by atoms with van der Waals surface area (Å²) in [5.74, 6) is -0.180. The summed E-state index contributed by atoms with van der Waals surface area (Å²) in [5, 5.41) is -0.213. The molecule has 6 heteroatoms. The molecule has 2 amide bonds. The minimum atomic E-state index is -0.527. The first-order valence-corrected chi connectivity index (χ1v) is 11.1. The minimum Gasteiger partial charge on any atom is -0.444 e. The van der Waals surface area contributed by atoms with Gasteiger partial charge in [-0.05, 0) is 31.7 Å². The van der Waals surface area contributed by atoms with Gasteiger partial charge >= 0.3 is 6.09 Å². The lowest BCUT2D eigenvalue weighted by Gasteiger charge is -2.46. The van der Waals surface area contributed by atoms with E-state index in [0.717, 1.165) is 5.56 Å². The Bertz CT molecular complexity index is 792. The third-order valence-corrected chi connectivity index (χ3v) is 6.76.